The average Bonchev–Trinajstić information content (AvgIpc) is 2.83. The maximum Gasteiger partial charge on any atom is 0.340 e. The van der Waals surface area contributed by atoms with Crippen LogP contribution in [0.3, 0.4) is 0 Å². The second-order valence-corrected chi connectivity index (χ2v) is 4.81. The summed E-state index contributed by atoms with van der Waals surface area (Å²) in [5, 5.41) is 15.4. The predicted octanol–water partition coefficient (Wildman–Crippen LogP) is 2.22. The Labute approximate surface area is 100.0 Å². The van der Waals surface area contributed by atoms with E-state index in [1.165, 1.54) is 11.3 Å². The molecule has 16 heavy (non-hydrogen) atoms. The number of carbonyl (C=O) groups is 1. The Morgan fingerprint density at radius 2 is 2.44 bits per heavy atom. The number of nitrogens with one attached hydrogen (secondary N) is 1. The van der Waals surface area contributed by atoms with Gasteiger partial charge in [0.2, 0.25) is 0 Å². The smallest absolute Gasteiger partial charge is 0.340 e. The molecule has 0 saturated carbocycles. The summed E-state index contributed by atoms with van der Waals surface area (Å²) >= 11 is 2.69. The molecule has 0 radical (unpaired) electrons. The Bertz CT molecular complexity index is 493. The molecule has 0 atom stereocenters. The number of hydrogen-bond acceptors (Lipinski definition) is 6. The lowest BCUT2D eigenvalue weighted by Gasteiger charge is -2.01. The van der Waals surface area contributed by atoms with E-state index >= 15 is 0 Å². The van der Waals surface area contributed by atoms with Crippen molar-refractivity contribution in [1.29, 1.82) is 0 Å². The highest BCUT2D eigenvalue weighted by atomic mass is 32.1. The Morgan fingerprint density at radius 1 is 1.62 bits per heavy atom. The predicted molar refractivity (Wildman–Crippen MR) is 63.3 cm³/mol. The molecule has 2 N–H and O–H groups in total. The molecule has 0 aliphatic rings. The van der Waals surface area contributed by atoms with Crippen molar-refractivity contribution < 1.29 is 9.90 Å². The van der Waals surface area contributed by atoms with Gasteiger partial charge in [0.05, 0.1) is 12.2 Å². The van der Waals surface area contributed by atoms with E-state index in [0.29, 0.717) is 17.2 Å². The summed E-state index contributed by atoms with van der Waals surface area (Å²) in [6.45, 7) is 2.22. The van der Waals surface area contributed by atoms with Gasteiger partial charge in [-0.15, -0.1) is 11.3 Å². The fourth-order valence-corrected chi connectivity index (χ4v) is 2.58. The van der Waals surface area contributed by atoms with E-state index < -0.39 is 5.97 Å². The van der Waals surface area contributed by atoms with Crippen molar-refractivity contribution in [3.05, 3.63) is 27.8 Å². The van der Waals surface area contributed by atoms with E-state index in [-0.39, 0.29) is 5.56 Å². The number of aryl methyl sites for hydroxylation is 1. The van der Waals surface area contributed by atoms with Crippen LogP contribution in [-0.2, 0) is 6.54 Å². The van der Waals surface area contributed by atoms with E-state index in [1.54, 1.807) is 13.1 Å². The zero-order chi connectivity index (χ0) is 11.5. The molecule has 84 valence electrons. The van der Waals surface area contributed by atoms with Crippen LogP contribution >= 0.6 is 22.9 Å². The highest BCUT2D eigenvalue weighted by Gasteiger charge is 2.17. The van der Waals surface area contributed by atoms with Gasteiger partial charge in [0.25, 0.3) is 0 Å². The van der Waals surface area contributed by atoms with Gasteiger partial charge in [-0.25, -0.2) is 9.78 Å². The molecule has 0 unspecified atom stereocenters. The number of rotatable bonds is 4. The molecule has 0 fully saturated rings. The first-order valence-electron chi connectivity index (χ1n) is 4.50. The Morgan fingerprint density at radius 3 is 3.06 bits per heavy atom. The zero-order valence-corrected chi connectivity index (χ0v) is 10.1. The highest BCUT2D eigenvalue weighted by molar-refractivity contribution is 7.11. The minimum atomic E-state index is -0.951. The molecule has 2 heterocycles. The number of hydrogen-bond donors (Lipinski definition) is 2. The Balaban J connectivity index is 2.13. The summed E-state index contributed by atoms with van der Waals surface area (Å²) in [5.41, 5.74) is 0.792. The van der Waals surface area contributed by atoms with Crippen LogP contribution in [0.5, 0.6) is 0 Å². The van der Waals surface area contributed by atoms with E-state index in [1.807, 2.05) is 5.38 Å². The third-order valence-electron chi connectivity index (χ3n) is 1.96. The van der Waals surface area contributed by atoms with Crippen LogP contribution in [0.2, 0.25) is 0 Å². The van der Waals surface area contributed by atoms with Crippen molar-refractivity contribution in [2.75, 3.05) is 5.32 Å². The zero-order valence-electron chi connectivity index (χ0n) is 8.43. The van der Waals surface area contributed by atoms with Gasteiger partial charge in [0.1, 0.15) is 15.6 Å². The van der Waals surface area contributed by atoms with Crippen molar-refractivity contribution in [3.63, 3.8) is 0 Å². The van der Waals surface area contributed by atoms with Gasteiger partial charge in [0, 0.05) is 11.6 Å². The largest absolute Gasteiger partial charge is 0.478 e. The number of anilines is 1. The van der Waals surface area contributed by atoms with Crippen molar-refractivity contribution >= 4 is 33.8 Å². The third kappa shape index (κ3) is 2.20. The summed E-state index contributed by atoms with van der Waals surface area (Å²) in [5.74, 6) is -0.951. The molecule has 2 rings (SSSR count). The minimum Gasteiger partial charge on any atom is -0.478 e. The second kappa shape index (κ2) is 4.58. The van der Waals surface area contributed by atoms with Crippen LogP contribution in [0.15, 0.2) is 11.6 Å². The lowest BCUT2D eigenvalue weighted by molar-refractivity contribution is 0.0697. The van der Waals surface area contributed by atoms with E-state index in [0.717, 1.165) is 16.5 Å². The Kier molecular flexibility index (Phi) is 3.16. The number of aromatic nitrogens is 2. The number of nitrogens with zero attached hydrogens (tertiary/aromatic N) is 2. The maximum atomic E-state index is 11.0. The minimum absolute atomic E-state index is 0.251. The Hall–Kier alpha value is -1.47. The van der Waals surface area contributed by atoms with Gasteiger partial charge in [0.15, 0.2) is 0 Å². The van der Waals surface area contributed by atoms with Crippen LogP contribution in [0, 0.1) is 6.92 Å². The third-order valence-corrected chi connectivity index (χ3v) is 3.64. The number of carboxylic acids is 1. The van der Waals surface area contributed by atoms with Gasteiger partial charge >= 0.3 is 5.97 Å². The SMILES string of the molecule is Cc1nsc(NCc2nccs2)c1C(=O)O. The molecule has 0 aliphatic heterocycles. The molecule has 5 nitrogen and oxygen atoms in total. The first kappa shape index (κ1) is 11.0. The molecule has 0 amide bonds. The van der Waals surface area contributed by atoms with Crippen molar-refractivity contribution in [3.8, 4) is 0 Å². The van der Waals surface area contributed by atoms with Crippen molar-refractivity contribution in [2.45, 2.75) is 13.5 Å². The van der Waals surface area contributed by atoms with Crippen LogP contribution in [0.25, 0.3) is 0 Å². The first-order chi connectivity index (χ1) is 7.68. The van der Waals surface area contributed by atoms with E-state index in [2.05, 4.69) is 14.7 Å². The summed E-state index contributed by atoms with van der Waals surface area (Å²) in [4.78, 5) is 15.1. The van der Waals surface area contributed by atoms with Gasteiger partial charge in [-0.2, -0.15) is 4.37 Å². The summed E-state index contributed by atoms with van der Waals surface area (Å²) in [7, 11) is 0. The van der Waals surface area contributed by atoms with Gasteiger partial charge < -0.3 is 10.4 Å². The second-order valence-electron chi connectivity index (χ2n) is 3.06. The summed E-state index contributed by atoms with van der Waals surface area (Å²) in [6, 6.07) is 0. The van der Waals surface area contributed by atoms with Gasteiger partial charge in [-0.05, 0) is 18.5 Å². The van der Waals surface area contributed by atoms with Crippen LogP contribution in [-0.4, -0.2) is 20.4 Å². The van der Waals surface area contributed by atoms with Crippen LogP contribution in [0.4, 0.5) is 5.00 Å². The van der Waals surface area contributed by atoms with Gasteiger partial charge in [-0.3, -0.25) is 0 Å². The molecular formula is C9H9N3O2S2. The number of thiazole rings is 1. The molecule has 0 spiro atoms. The molecule has 0 bridgehead atoms. The molecule has 0 aliphatic carbocycles. The van der Waals surface area contributed by atoms with E-state index in [4.69, 9.17) is 5.11 Å². The quantitative estimate of drug-likeness (QED) is 0.876. The van der Waals surface area contributed by atoms with E-state index in [9.17, 15) is 4.79 Å². The number of aromatic carboxylic acids is 1. The lowest BCUT2D eigenvalue weighted by Crippen LogP contribution is -2.04. The molecule has 0 saturated heterocycles. The summed E-state index contributed by atoms with van der Waals surface area (Å²) < 4.78 is 4.02. The topological polar surface area (TPSA) is 75.1 Å². The van der Waals surface area contributed by atoms with Crippen LogP contribution < -0.4 is 5.32 Å². The lowest BCUT2D eigenvalue weighted by atomic mass is 10.2. The monoisotopic (exact) mass is 255 g/mol. The normalized spacial score (nSPS) is 10.3. The fraction of sp³-hybridized carbons (Fsp3) is 0.222. The standard InChI is InChI=1S/C9H9N3O2S2/c1-5-7(9(13)14)8(16-12-5)11-4-6-10-2-3-15-6/h2-3,11H,4H2,1H3,(H,13,14). The molecule has 2 aromatic rings. The van der Waals surface area contributed by atoms with Gasteiger partial charge in [-0.1, -0.05) is 0 Å². The van der Waals surface area contributed by atoms with Crippen molar-refractivity contribution in [1.82, 2.24) is 9.36 Å². The molecule has 2 aromatic heterocycles. The number of carboxylic acid groups (broad SMARTS) is 1. The van der Waals surface area contributed by atoms with Crippen molar-refractivity contribution in [2.24, 2.45) is 0 Å². The first-order valence-corrected chi connectivity index (χ1v) is 6.15. The fourth-order valence-electron chi connectivity index (χ4n) is 1.24. The average molecular weight is 255 g/mol. The summed E-state index contributed by atoms with van der Waals surface area (Å²) in [6.07, 6.45) is 1.72. The molecular weight excluding hydrogens is 246 g/mol. The highest BCUT2D eigenvalue weighted by Crippen LogP contribution is 2.25. The molecule has 7 heteroatoms. The molecule has 0 aromatic carbocycles. The maximum absolute atomic E-state index is 11.0. The van der Waals surface area contributed by atoms with Crippen LogP contribution in [0.1, 0.15) is 21.1 Å².